The Kier molecular flexibility index (Phi) is 7.14. The first kappa shape index (κ1) is 22.8. The number of nitrogens with one attached hydrogen (secondary N) is 3. The monoisotopic (exact) mass is 473 g/mol. The quantitative estimate of drug-likeness (QED) is 0.568. The zero-order chi connectivity index (χ0) is 22.7. The molecular weight excluding hydrogens is 446 g/mol. The molecule has 3 heterocycles. The molecule has 2 fully saturated rings. The highest BCUT2D eigenvalue weighted by molar-refractivity contribution is 8.00. The topological polar surface area (TPSA) is 93.8 Å². The van der Waals surface area contributed by atoms with E-state index < -0.39 is 12.1 Å². The van der Waals surface area contributed by atoms with E-state index in [1.165, 1.54) is 24.4 Å². The van der Waals surface area contributed by atoms with Crippen LogP contribution in [0, 0.1) is 5.92 Å². The molecule has 4 rings (SSSR count). The van der Waals surface area contributed by atoms with Crippen molar-refractivity contribution in [1.29, 1.82) is 0 Å². The molecule has 3 N–H and O–H groups in total. The van der Waals surface area contributed by atoms with Crippen molar-refractivity contribution >= 4 is 40.9 Å². The van der Waals surface area contributed by atoms with E-state index in [4.69, 9.17) is 0 Å². The molecule has 170 valence electrons. The van der Waals surface area contributed by atoms with Crippen LogP contribution in [0.15, 0.2) is 47.8 Å². The van der Waals surface area contributed by atoms with Gasteiger partial charge in [0.2, 0.25) is 11.8 Å². The molecule has 0 saturated carbocycles. The number of carbonyl (C=O) groups is 3. The van der Waals surface area contributed by atoms with E-state index in [1.54, 1.807) is 23.3 Å². The van der Waals surface area contributed by atoms with Crippen molar-refractivity contribution in [2.45, 2.75) is 24.1 Å². The molecule has 10 heteroatoms. The molecule has 1 aromatic carbocycles. The van der Waals surface area contributed by atoms with Crippen LogP contribution in [0.4, 0.5) is 4.79 Å². The van der Waals surface area contributed by atoms with Crippen LogP contribution < -0.4 is 16.0 Å². The van der Waals surface area contributed by atoms with Crippen LogP contribution in [0.3, 0.4) is 0 Å². The SMILES string of the molecule is CN1C(=O)C2C(SCC(=O)NCCc3ccccc3)NC(c3cccs3)NC2N(C)C1=O. The molecule has 2 aromatic rings. The maximum absolute atomic E-state index is 13.0. The number of hydrogen-bond donors (Lipinski definition) is 3. The molecule has 4 unspecified atom stereocenters. The van der Waals surface area contributed by atoms with Crippen LogP contribution in [0.2, 0.25) is 0 Å². The lowest BCUT2D eigenvalue weighted by atomic mass is 9.97. The van der Waals surface area contributed by atoms with Crippen molar-refractivity contribution in [3.8, 4) is 0 Å². The average molecular weight is 474 g/mol. The second-order valence-corrected chi connectivity index (χ2v) is 9.97. The third-order valence-electron chi connectivity index (χ3n) is 5.76. The van der Waals surface area contributed by atoms with Gasteiger partial charge in [0.25, 0.3) is 0 Å². The first-order valence-corrected chi connectivity index (χ1v) is 12.4. The molecule has 2 saturated heterocycles. The first-order chi connectivity index (χ1) is 15.5. The summed E-state index contributed by atoms with van der Waals surface area (Å²) in [5.74, 6) is -0.594. The molecule has 2 aliphatic rings. The largest absolute Gasteiger partial charge is 0.355 e. The Morgan fingerprint density at radius 3 is 2.62 bits per heavy atom. The number of fused-ring (bicyclic) bond motifs is 1. The van der Waals surface area contributed by atoms with Gasteiger partial charge in [-0.25, -0.2) is 4.79 Å². The van der Waals surface area contributed by atoms with Crippen molar-refractivity contribution in [1.82, 2.24) is 25.8 Å². The number of carbonyl (C=O) groups excluding carboxylic acids is 3. The number of thioether (sulfide) groups is 1. The number of imide groups is 1. The standard InChI is InChI=1S/C22H27N5O3S2/c1-26-19-17(21(29)27(2)22(26)30)20(25-18(24-19)15-9-6-12-31-15)32-13-16(28)23-11-10-14-7-4-3-5-8-14/h3-9,12,17-20,24-25H,10-11,13H2,1-2H3,(H,23,28). The van der Waals surface area contributed by atoms with E-state index in [0.717, 1.165) is 16.2 Å². The maximum Gasteiger partial charge on any atom is 0.327 e. The normalized spacial score (nSPS) is 25.6. The fourth-order valence-electron chi connectivity index (χ4n) is 4.03. The molecular formula is C22H27N5O3S2. The van der Waals surface area contributed by atoms with Gasteiger partial charge in [0.1, 0.15) is 0 Å². The number of thiophene rings is 1. The number of benzene rings is 1. The highest BCUT2D eigenvalue weighted by Crippen LogP contribution is 2.35. The number of urea groups is 1. The molecule has 32 heavy (non-hydrogen) atoms. The van der Waals surface area contributed by atoms with E-state index in [2.05, 4.69) is 16.0 Å². The van der Waals surface area contributed by atoms with Crippen molar-refractivity contribution < 1.29 is 14.4 Å². The molecule has 0 aliphatic carbocycles. The highest BCUT2D eigenvalue weighted by atomic mass is 32.2. The molecule has 4 atom stereocenters. The van der Waals surface area contributed by atoms with Crippen molar-refractivity contribution in [3.63, 3.8) is 0 Å². The second-order valence-electron chi connectivity index (χ2n) is 7.86. The Labute approximate surface area is 195 Å². The van der Waals surface area contributed by atoms with Crippen LogP contribution in [0.1, 0.15) is 16.6 Å². The van der Waals surface area contributed by atoms with Gasteiger partial charge in [-0.1, -0.05) is 36.4 Å². The lowest BCUT2D eigenvalue weighted by Gasteiger charge is -2.50. The van der Waals surface area contributed by atoms with Gasteiger partial charge < -0.3 is 10.2 Å². The Balaban J connectivity index is 1.41. The first-order valence-electron chi connectivity index (χ1n) is 10.5. The molecule has 4 amide bonds. The smallest absolute Gasteiger partial charge is 0.327 e. The number of hydrogen-bond acceptors (Lipinski definition) is 7. The van der Waals surface area contributed by atoms with E-state index in [0.29, 0.717) is 6.54 Å². The fourth-order valence-corrected chi connectivity index (χ4v) is 5.91. The summed E-state index contributed by atoms with van der Waals surface area (Å²) in [6, 6.07) is 13.6. The summed E-state index contributed by atoms with van der Waals surface area (Å²) in [5, 5.41) is 11.5. The number of rotatable bonds is 7. The average Bonchev–Trinajstić information content (AvgIpc) is 3.35. The molecule has 8 nitrogen and oxygen atoms in total. The predicted octanol–water partition coefficient (Wildman–Crippen LogP) is 1.82. The maximum atomic E-state index is 13.0. The third-order valence-corrected chi connectivity index (χ3v) is 7.91. The van der Waals surface area contributed by atoms with Crippen LogP contribution in [-0.2, 0) is 16.0 Å². The van der Waals surface area contributed by atoms with E-state index >= 15 is 0 Å². The third kappa shape index (κ3) is 4.83. The van der Waals surface area contributed by atoms with Crippen LogP contribution in [0.25, 0.3) is 0 Å². The molecule has 0 radical (unpaired) electrons. The van der Waals surface area contributed by atoms with E-state index in [-0.39, 0.29) is 35.1 Å². The van der Waals surface area contributed by atoms with Crippen molar-refractivity contribution in [3.05, 3.63) is 58.3 Å². The molecule has 2 aliphatic heterocycles. The number of nitrogens with zero attached hydrogens (tertiary/aromatic N) is 2. The summed E-state index contributed by atoms with van der Waals surface area (Å²) in [4.78, 5) is 41.7. The van der Waals surface area contributed by atoms with Gasteiger partial charge >= 0.3 is 6.03 Å². The van der Waals surface area contributed by atoms with Crippen LogP contribution >= 0.6 is 23.1 Å². The Bertz CT molecular complexity index is 956. The van der Waals surface area contributed by atoms with Gasteiger partial charge in [-0.15, -0.1) is 23.1 Å². The molecule has 1 aromatic heterocycles. The summed E-state index contributed by atoms with van der Waals surface area (Å²) in [7, 11) is 3.20. The molecule has 0 bridgehead atoms. The number of amides is 4. The zero-order valence-corrected chi connectivity index (χ0v) is 19.6. The van der Waals surface area contributed by atoms with Gasteiger partial charge in [-0.05, 0) is 23.4 Å². The summed E-state index contributed by atoms with van der Waals surface area (Å²) >= 11 is 3.00. The highest BCUT2D eigenvalue weighted by Gasteiger charge is 2.51. The van der Waals surface area contributed by atoms with Gasteiger partial charge in [0.15, 0.2) is 0 Å². The van der Waals surface area contributed by atoms with E-state index in [9.17, 15) is 14.4 Å². The van der Waals surface area contributed by atoms with Gasteiger partial charge in [0, 0.05) is 25.5 Å². The Hall–Kier alpha value is -2.40. The minimum atomic E-state index is -0.499. The fraction of sp³-hybridized carbons (Fsp3) is 0.409. The summed E-state index contributed by atoms with van der Waals surface area (Å²) in [5.41, 5.74) is 1.17. The zero-order valence-electron chi connectivity index (χ0n) is 18.0. The van der Waals surface area contributed by atoms with Gasteiger partial charge in [-0.3, -0.25) is 25.1 Å². The Morgan fingerprint density at radius 1 is 1.12 bits per heavy atom. The van der Waals surface area contributed by atoms with Crippen LogP contribution in [-0.4, -0.2) is 65.6 Å². The summed E-state index contributed by atoms with van der Waals surface area (Å²) in [6.07, 6.45) is 0.115. The van der Waals surface area contributed by atoms with Crippen molar-refractivity contribution in [2.75, 3.05) is 26.4 Å². The van der Waals surface area contributed by atoms with Gasteiger partial charge in [-0.2, -0.15) is 0 Å². The summed E-state index contributed by atoms with van der Waals surface area (Å²) < 4.78 is 0. The predicted molar refractivity (Wildman–Crippen MR) is 126 cm³/mol. The summed E-state index contributed by atoms with van der Waals surface area (Å²) in [6.45, 7) is 0.561. The minimum absolute atomic E-state index is 0.0727. The van der Waals surface area contributed by atoms with Gasteiger partial charge in [0.05, 0.1) is 29.4 Å². The molecule has 0 spiro atoms. The minimum Gasteiger partial charge on any atom is -0.355 e. The van der Waals surface area contributed by atoms with E-state index in [1.807, 2.05) is 47.8 Å². The lowest BCUT2D eigenvalue weighted by Crippen LogP contribution is -2.72. The second kappa shape index (κ2) is 10.0. The lowest BCUT2D eigenvalue weighted by molar-refractivity contribution is -0.140. The van der Waals surface area contributed by atoms with Crippen molar-refractivity contribution in [2.24, 2.45) is 5.92 Å². The Morgan fingerprint density at radius 2 is 1.91 bits per heavy atom. The van der Waals surface area contributed by atoms with Crippen LogP contribution in [0.5, 0.6) is 0 Å².